The molecule has 1 aromatic carbocycles. The van der Waals surface area contributed by atoms with Crippen molar-refractivity contribution >= 4 is 0 Å². The van der Waals surface area contributed by atoms with Gasteiger partial charge in [0, 0.05) is 18.5 Å². The fourth-order valence-corrected chi connectivity index (χ4v) is 1.33. The lowest BCUT2D eigenvalue weighted by atomic mass is 10.1. The maximum absolute atomic E-state index is 8.65. The molecule has 0 spiro atoms. The molecule has 0 aliphatic carbocycles. The van der Waals surface area contributed by atoms with E-state index in [4.69, 9.17) is 5.11 Å². The van der Waals surface area contributed by atoms with E-state index < -0.39 is 0 Å². The fraction of sp³-hybridized carbons (Fsp3) is 0.385. The first-order chi connectivity index (χ1) is 7.24. The molecule has 0 unspecified atom stereocenters. The van der Waals surface area contributed by atoms with Gasteiger partial charge in [-0.1, -0.05) is 30.0 Å². The zero-order valence-electron chi connectivity index (χ0n) is 9.33. The van der Waals surface area contributed by atoms with Crippen LogP contribution in [-0.4, -0.2) is 30.7 Å². The topological polar surface area (TPSA) is 23.5 Å². The van der Waals surface area contributed by atoms with Crippen molar-refractivity contribution < 1.29 is 5.11 Å². The Morgan fingerprint density at radius 3 is 2.67 bits per heavy atom. The van der Waals surface area contributed by atoms with Crippen molar-refractivity contribution in [1.82, 2.24) is 4.90 Å². The lowest BCUT2D eigenvalue weighted by molar-refractivity contribution is 0.305. The standard InChI is InChI=1S/C13H17NO/c1-14(2)11-13-9-4-3-7-12(13)8-5-6-10-15/h3-4,7,9,15H,6,10-11H2,1-2H3. The van der Waals surface area contributed by atoms with Crippen LogP contribution in [0.25, 0.3) is 0 Å². The van der Waals surface area contributed by atoms with Gasteiger partial charge in [-0.25, -0.2) is 0 Å². The lowest BCUT2D eigenvalue weighted by Crippen LogP contribution is -2.11. The average molecular weight is 203 g/mol. The van der Waals surface area contributed by atoms with E-state index >= 15 is 0 Å². The summed E-state index contributed by atoms with van der Waals surface area (Å²) in [6.07, 6.45) is 0.538. The molecule has 0 radical (unpaired) electrons. The molecule has 15 heavy (non-hydrogen) atoms. The maximum Gasteiger partial charge on any atom is 0.0540 e. The molecule has 0 saturated heterocycles. The van der Waals surface area contributed by atoms with Crippen molar-refractivity contribution in [1.29, 1.82) is 0 Å². The van der Waals surface area contributed by atoms with Crippen LogP contribution in [0, 0.1) is 11.8 Å². The van der Waals surface area contributed by atoms with Gasteiger partial charge in [-0.3, -0.25) is 0 Å². The van der Waals surface area contributed by atoms with E-state index in [1.54, 1.807) is 0 Å². The molecule has 1 N–H and O–H groups in total. The summed E-state index contributed by atoms with van der Waals surface area (Å²) in [6.45, 7) is 1.02. The van der Waals surface area contributed by atoms with Crippen LogP contribution >= 0.6 is 0 Å². The van der Waals surface area contributed by atoms with E-state index in [-0.39, 0.29) is 6.61 Å². The van der Waals surface area contributed by atoms with Crippen LogP contribution in [0.1, 0.15) is 17.5 Å². The van der Waals surface area contributed by atoms with Crippen molar-refractivity contribution in [2.45, 2.75) is 13.0 Å². The summed E-state index contributed by atoms with van der Waals surface area (Å²) in [6, 6.07) is 8.12. The van der Waals surface area contributed by atoms with Crippen molar-refractivity contribution in [3.8, 4) is 11.8 Å². The van der Waals surface area contributed by atoms with Gasteiger partial charge < -0.3 is 10.0 Å². The molecule has 0 amide bonds. The Labute approximate surface area is 91.5 Å². The quantitative estimate of drug-likeness (QED) is 0.752. The second-order valence-corrected chi connectivity index (χ2v) is 3.67. The Kier molecular flexibility index (Phi) is 4.89. The van der Waals surface area contributed by atoms with Crippen molar-refractivity contribution in [2.24, 2.45) is 0 Å². The number of hydrogen-bond acceptors (Lipinski definition) is 2. The molecule has 0 fully saturated rings. The highest BCUT2D eigenvalue weighted by molar-refractivity contribution is 5.41. The molecule has 0 aromatic heterocycles. The molecule has 80 valence electrons. The molecule has 0 saturated carbocycles. The summed E-state index contributed by atoms with van der Waals surface area (Å²) < 4.78 is 0. The zero-order valence-corrected chi connectivity index (χ0v) is 9.33. The number of hydrogen-bond donors (Lipinski definition) is 1. The summed E-state index contributed by atoms with van der Waals surface area (Å²) >= 11 is 0. The van der Waals surface area contributed by atoms with E-state index in [9.17, 15) is 0 Å². The molecule has 0 aliphatic rings. The van der Waals surface area contributed by atoms with Gasteiger partial charge in [-0.05, 0) is 25.7 Å². The molecular weight excluding hydrogens is 186 g/mol. The minimum absolute atomic E-state index is 0.128. The smallest absolute Gasteiger partial charge is 0.0540 e. The van der Waals surface area contributed by atoms with Crippen LogP contribution in [-0.2, 0) is 6.54 Å². The van der Waals surface area contributed by atoms with Crippen molar-refractivity contribution in [3.63, 3.8) is 0 Å². The Bertz CT molecular complexity index is 360. The molecule has 0 bridgehead atoms. The zero-order chi connectivity index (χ0) is 11.1. The van der Waals surface area contributed by atoms with Crippen LogP contribution in [0.5, 0.6) is 0 Å². The summed E-state index contributed by atoms with van der Waals surface area (Å²) in [5.41, 5.74) is 2.28. The number of benzene rings is 1. The Morgan fingerprint density at radius 1 is 1.27 bits per heavy atom. The predicted molar refractivity (Wildman–Crippen MR) is 62.4 cm³/mol. The molecule has 0 heterocycles. The highest BCUT2D eigenvalue weighted by atomic mass is 16.2. The summed E-state index contributed by atoms with van der Waals surface area (Å²) in [5, 5.41) is 8.65. The SMILES string of the molecule is CN(C)Cc1ccccc1C#CCCO. The van der Waals surface area contributed by atoms with Gasteiger partial charge in [-0.2, -0.15) is 0 Å². The third-order valence-electron chi connectivity index (χ3n) is 1.96. The van der Waals surface area contributed by atoms with Gasteiger partial charge in [0.25, 0.3) is 0 Å². The normalized spacial score (nSPS) is 9.87. The minimum Gasteiger partial charge on any atom is -0.395 e. The summed E-state index contributed by atoms with van der Waals surface area (Å²) in [4.78, 5) is 2.12. The van der Waals surface area contributed by atoms with Gasteiger partial charge >= 0.3 is 0 Å². The molecule has 1 aromatic rings. The van der Waals surface area contributed by atoms with E-state index in [0.717, 1.165) is 12.1 Å². The molecule has 2 heteroatoms. The van der Waals surface area contributed by atoms with Crippen LogP contribution in [0.2, 0.25) is 0 Å². The predicted octanol–water partition coefficient (Wildman–Crippen LogP) is 1.48. The number of aliphatic hydroxyl groups is 1. The van der Waals surface area contributed by atoms with E-state index in [0.29, 0.717) is 6.42 Å². The van der Waals surface area contributed by atoms with Gasteiger partial charge in [0.05, 0.1) is 6.61 Å². The second-order valence-electron chi connectivity index (χ2n) is 3.67. The summed E-state index contributed by atoms with van der Waals surface area (Å²) in [5.74, 6) is 6.03. The third-order valence-corrected chi connectivity index (χ3v) is 1.96. The van der Waals surface area contributed by atoms with Gasteiger partial charge in [0.15, 0.2) is 0 Å². The first kappa shape index (κ1) is 11.8. The lowest BCUT2D eigenvalue weighted by Gasteiger charge is -2.10. The largest absolute Gasteiger partial charge is 0.395 e. The van der Waals surface area contributed by atoms with Crippen LogP contribution < -0.4 is 0 Å². The molecule has 1 rings (SSSR count). The van der Waals surface area contributed by atoms with Crippen molar-refractivity contribution in [3.05, 3.63) is 35.4 Å². The Hall–Kier alpha value is -1.30. The Balaban J connectivity index is 2.83. The van der Waals surface area contributed by atoms with Gasteiger partial charge in [0.2, 0.25) is 0 Å². The Morgan fingerprint density at radius 2 is 2.00 bits per heavy atom. The van der Waals surface area contributed by atoms with Crippen molar-refractivity contribution in [2.75, 3.05) is 20.7 Å². The monoisotopic (exact) mass is 203 g/mol. The molecule has 0 aliphatic heterocycles. The molecular formula is C13H17NO. The second kappa shape index (κ2) is 6.23. The number of aliphatic hydroxyl groups excluding tert-OH is 1. The van der Waals surface area contributed by atoms with Gasteiger partial charge in [-0.15, -0.1) is 0 Å². The van der Waals surface area contributed by atoms with E-state index in [2.05, 4.69) is 22.8 Å². The van der Waals surface area contributed by atoms with Crippen LogP contribution in [0.4, 0.5) is 0 Å². The summed E-state index contributed by atoms with van der Waals surface area (Å²) in [7, 11) is 4.08. The first-order valence-electron chi connectivity index (χ1n) is 5.06. The molecule has 0 atom stereocenters. The van der Waals surface area contributed by atoms with E-state index in [1.807, 2.05) is 32.3 Å². The highest BCUT2D eigenvalue weighted by Crippen LogP contribution is 2.08. The average Bonchev–Trinajstić information content (AvgIpc) is 2.20. The maximum atomic E-state index is 8.65. The van der Waals surface area contributed by atoms with Crippen LogP contribution in [0.3, 0.4) is 0 Å². The fourth-order valence-electron chi connectivity index (χ4n) is 1.33. The van der Waals surface area contributed by atoms with E-state index in [1.165, 1.54) is 5.56 Å². The van der Waals surface area contributed by atoms with Crippen LogP contribution in [0.15, 0.2) is 24.3 Å². The third kappa shape index (κ3) is 4.16. The minimum atomic E-state index is 0.128. The highest BCUT2D eigenvalue weighted by Gasteiger charge is 1.99. The number of rotatable bonds is 3. The number of nitrogens with zero attached hydrogens (tertiary/aromatic N) is 1. The van der Waals surface area contributed by atoms with Gasteiger partial charge in [0.1, 0.15) is 0 Å². The molecule has 2 nitrogen and oxygen atoms in total. The first-order valence-corrected chi connectivity index (χ1v) is 5.06.